The Morgan fingerprint density at radius 3 is 2.16 bits per heavy atom. The van der Waals surface area contributed by atoms with Gasteiger partial charge in [-0.3, -0.25) is 0 Å². The first-order valence-corrected chi connectivity index (χ1v) is 8.62. The summed E-state index contributed by atoms with van der Waals surface area (Å²) in [6.45, 7) is 10.1. The molecule has 0 aliphatic carbocycles. The van der Waals surface area contributed by atoms with Crippen LogP contribution in [0.5, 0.6) is 0 Å². The third-order valence-electron chi connectivity index (χ3n) is 4.47. The summed E-state index contributed by atoms with van der Waals surface area (Å²) in [6, 6.07) is 0.739. The van der Waals surface area contributed by atoms with Crippen LogP contribution in [0.2, 0.25) is 0 Å². The Bertz CT molecular complexity index is 195. The van der Waals surface area contributed by atoms with E-state index in [2.05, 4.69) is 26.1 Å². The normalized spacial score (nSPS) is 18.9. The zero-order valence-electron chi connectivity index (χ0n) is 13.4. The van der Waals surface area contributed by atoms with Crippen LogP contribution < -0.4 is 5.32 Å². The third kappa shape index (κ3) is 6.76. The summed E-state index contributed by atoms with van der Waals surface area (Å²) in [4.78, 5) is 0. The van der Waals surface area contributed by atoms with Gasteiger partial charge in [-0.1, -0.05) is 33.6 Å². The molecule has 0 spiro atoms. The summed E-state index contributed by atoms with van der Waals surface area (Å²) >= 11 is 0. The van der Waals surface area contributed by atoms with Crippen LogP contribution in [0.1, 0.15) is 72.1 Å². The van der Waals surface area contributed by atoms with Crippen molar-refractivity contribution in [2.75, 3.05) is 19.8 Å². The summed E-state index contributed by atoms with van der Waals surface area (Å²) in [7, 11) is 0. The highest BCUT2D eigenvalue weighted by atomic mass is 16.5. The lowest BCUT2D eigenvalue weighted by Crippen LogP contribution is -2.39. The van der Waals surface area contributed by atoms with Crippen molar-refractivity contribution in [3.63, 3.8) is 0 Å². The van der Waals surface area contributed by atoms with Crippen molar-refractivity contribution in [2.45, 2.75) is 78.2 Å². The van der Waals surface area contributed by atoms with Gasteiger partial charge in [-0.05, 0) is 56.9 Å². The number of rotatable bonds is 10. The van der Waals surface area contributed by atoms with Crippen LogP contribution in [-0.2, 0) is 4.74 Å². The smallest absolute Gasteiger partial charge is 0.0468 e. The van der Waals surface area contributed by atoms with Gasteiger partial charge in [-0.25, -0.2) is 0 Å². The van der Waals surface area contributed by atoms with Gasteiger partial charge in [0.05, 0.1) is 0 Å². The molecule has 0 aromatic rings. The molecule has 2 nitrogen and oxygen atoms in total. The van der Waals surface area contributed by atoms with Gasteiger partial charge in [0.2, 0.25) is 0 Å². The topological polar surface area (TPSA) is 21.3 Å². The van der Waals surface area contributed by atoms with E-state index in [9.17, 15) is 0 Å². The van der Waals surface area contributed by atoms with Gasteiger partial charge < -0.3 is 10.1 Å². The summed E-state index contributed by atoms with van der Waals surface area (Å²) in [5.74, 6) is 1.77. The summed E-state index contributed by atoms with van der Waals surface area (Å²) in [5.41, 5.74) is 0. The first kappa shape index (κ1) is 17.0. The van der Waals surface area contributed by atoms with E-state index in [4.69, 9.17) is 4.74 Å². The minimum absolute atomic E-state index is 0.739. The van der Waals surface area contributed by atoms with Crippen molar-refractivity contribution in [3.05, 3.63) is 0 Å². The summed E-state index contributed by atoms with van der Waals surface area (Å²) < 4.78 is 5.50. The Kier molecular flexibility index (Phi) is 9.54. The monoisotopic (exact) mass is 269 g/mol. The first-order chi connectivity index (χ1) is 9.31. The quantitative estimate of drug-likeness (QED) is 0.635. The van der Waals surface area contributed by atoms with Crippen LogP contribution in [-0.4, -0.2) is 25.8 Å². The minimum atomic E-state index is 0.739. The zero-order chi connectivity index (χ0) is 13.9. The van der Waals surface area contributed by atoms with Crippen LogP contribution in [0.3, 0.4) is 0 Å². The Morgan fingerprint density at radius 1 is 1.00 bits per heavy atom. The predicted octanol–water partition coefficient (Wildman–Crippen LogP) is 4.39. The molecule has 0 saturated carbocycles. The van der Waals surface area contributed by atoms with E-state index in [1.165, 1.54) is 57.9 Å². The molecule has 1 heterocycles. The lowest BCUT2D eigenvalue weighted by atomic mass is 9.82. The Morgan fingerprint density at radius 2 is 1.63 bits per heavy atom. The Hall–Kier alpha value is -0.0800. The molecule has 1 unspecified atom stereocenters. The SMILES string of the molecule is CCCNC(CC1CCOCC1)C(CCC)CCC. The fourth-order valence-electron chi connectivity index (χ4n) is 3.40. The highest BCUT2D eigenvalue weighted by Crippen LogP contribution is 2.27. The van der Waals surface area contributed by atoms with Crippen LogP contribution in [0.15, 0.2) is 0 Å². The van der Waals surface area contributed by atoms with Crippen molar-refractivity contribution in [1.29, 1.82) is 0 Å². The number of ether oxygens (including phenoxy) is 1. The highest BCUT2D eigenvalue weighted by Gasteiger charge is 2.24. The van der Waals surface area contributed by atoms with Crippen LogP contribution in [0, 0.1) is 11.8 Å². The molecule has 0 radical (unpaired) electrons. The molecule has 0 aromatic heterocycles. The van der Waals surface area contributed by atoms with Gasteiger partial charge in [0.1, 0.15) is 0 Å². The fraction of sp³-hybridized carbons (Fsp3) is 1.00. The van der Waals surface area contributed by atoms with E-state index < -0.39 is 0 Å². The van der Waals surface area contributed by atoms with E-state index in [0.29, 0.717) is 0 Å². The van der Waals surface area contributed by atoms with Gasteiger partial charge in [-0.15, -0.1) is 0 Å². The lowest BCUT2D eigenvalue weighted by molar-refractivity contribution is 0.0571. The average Bonchev–Trinajstić information content (AvgIpc) is 2.44. The molecular weight excluding hydrogens is 234 g/mol. The zero-order valence-corrected chi connectivity index (χ0v) is 13.4. The van der Waals surface area contributed by atoms with E-state index in [1.807, 2.05) is 0 Å². The van der Waals surface area contributed by atoms with Crippen molar-refractivity contribution >= 4 is 0 Å². The average molecular weight is 269 g/mol. The van der Waals surface area contributed by atoms with E-state index in [-0.39, 0.29) is 0 Å². The second kappa shape index (κ2) is 10.7. The maximum absolute atomic E-state index is 5.50. The highest BCUT2D eigenvalue weighted by molar-refractivity contribution is 4.80. The van der Waals surface area contributed by atoms with E-state index in [1.54, 1.807) is 0 Å². The summed E-state index contributed by atoms with van der Waals surface area (Å²) in [6.07, 6.45) is 10.6. The standard InChI is InChI=1S/C17H35NO/c1-4-7-16(8-5-2)17(18-11-6-3)14-15-9-12-19-13-10-15/h15-18H,4-14H2,1-3H3. The van der Waals surface area contributed by atoms with Gasteiger partial charge in [-0.2, -0.15) is 0 Å². The molecule has 1 aliphatic rings. The van der Waals surface area contributed by atoms with E-state index >= 15 is 0 Å². The van der Waals surface area contributed by atoms with Gasteiger partial charge in [0.15, 0.2) is 0 Å². The molecule has 1 atom stereocenters. The Labute approximate surface area is 120 Å². The van der Waals surface area contributed by atoms with Gasteiger partial charge in [0.25, 0.3) is 0 Å². The van der Waals surface area contributed by atoms with Crippen LogP contribution in [0.25, 0.3) is 0 Å². The Balaban J connectivity index is 2.50. The fourth-order valence-corrected chi connectivity index (χ4v) is 3.40. The van der Waals surface area contributed by atoms with Crippen molar-refractivity contribution in [3.8, 4) is 0 Å². The number of hydrogen-bond donors (Lipinski definition) is 1. The molecule has 0 aromatic carbocycles. The second-order valence-electron chi connectivity index (χ2n) is 6.19. The van der Waals surface area contributed by atoms with Gasteiger partial charge >= 0.3 is 0 Å². The number of nitrogens with one attached hydrogen (secondary N) is 1. The molecule has 1 aliphatic heterocycles. The number of hydrogen-bond acceptors (Lipinski definition) is 2. The first-order valence-electron chi connectivity index (χ1n) is 8.62. The minimum Gasteiger partial charge on any atom is -0.381 e. The lowest BCUT2D eigenvalue weighted by Gasteiger charge is -2.32. The molecule has 2 heteroatoms. The van der Waals surface area contributed by atoms with Crippen molar-refractivity contribution in [1.82, 2.24) is 5.32 Å². The third-order valence-corrected chi connectivity index (χ3v) is 4.47. The maximum Gasteiger partial charge on any atom is 0.0468 e. The molecular formula is C17H35NO. The molecule has 0 bridgehead atoms. The summed E-state index contributed by atoms with van der Waals surface area (Å²) in [5, 5.41) is 3.85. The largest absolute Gasteiger partial charge is 0.381 e. The van der Waals surface area contributed by atoms with Crippen LogP contribution >= 0.6 is 0 Å². The van der Waals surface area contributed by atoms with E-state index in [0.717, 1.165) is 31.1 Å². The maximum atomic E-state index is 5.50. The van der Waals surface area contributed by atoms with Crippen LogP contribution in [0.4, 0.5) is 0 Å². The molecule has 0 amide bonds. The van der Waals surface area contributed by atoms with Gasteiger partial charge in [0, 0.05) is 19.3 Å². The van der Waals surface area contributed by atoms with Crippen molar-refractivity contribution in [2.24, 2.45) is 11.8 Å². The second-order valence-corrected chi connectivity index (χ2v) is 6.19. The molecule has 114 valence electrons. The predicted molar refractivity (Wildman–Crippen MR) is 83.5 cm³/mol. The molecule has 1 saturated heterocycles. The molecule has 1 fully saturated rings. The molecule has 1 N–H and O–H groups in total. The molecule has 19 heavy (non-hydrogen) atoms. The molecule has 1 rings (SSSR count). The van der Waals surface area contributed by atoms with Crippen molar-refractivity contribution < 1.29 is 4.74 Å².